The molecule has 0 fully saturated rings. The molecule has 0 aromatic heterocycles. The van der Waals surface area contributed by atoms with Crippen LogP contribution >= 0.6 is 46.6 Å². The standard InChI is InChI=1S/C23H17Cl3N2OS/c24-14-9-7-13(8-10-14)12-30-23-16(11-27)20(15-3-1-4-17(25)22(15)26)21-18(28-23)5-2-6-19(21)29/h1,3-4,7-10,20,28H,2,5-6,12H2/t20-/m1/s1. The fourth-order valence-corrected chi connectivity index (χ4v) is 5.39. The van der Waals surface area contributed by atoms with E-state index in [2.05, 4.69) is 11.4 Å². The SMILES string of the molecule is N#CC1=C(SCc2ccc(Cl)cc2)NC2=C(C(=O)CCC2)[C@@H]1c1cccc(Cl)c1Cl. The number of rotatable bonds is 4. The highest BCUT2D eigenvalue weighted by atomic mass is 35.5. The fraction of sp³-hybridized carbons (Fsp3) is 0.217. The first kappa shape index (κ1) is 21.3. The summed E-state index contributed by atoms with van der Waals surface area (Å²) in [6, 6.07) is 15.3. The van der Waals surface area contributed by atoms with Crippen molar-refractivity contribution in [2.24, 2.45) is 0 Å². The first-order valence-electron chi connectivity index (χ1n) is 9.48. The summed E-state index contributed by atoms with van der Waals surface area (Å²) in [5.74, 6) is 0.203. The lowest BCUT2D eigenvalue weighted by Crippen LogP contribution is -2.31. The number of nitrogens with one attached hydrogen (secondary N) is 1. The molecule has 1 atom stereocenters. The van der Waals surface area contributed by atoms with Gasteiger partial charge in [-0.25, -0.2) is 0 Å². The zero-order chi connectivity index (χ0) is 21.3. The van der Waals surface area contributed by atoms with Crippen molar-refractivity contribution in [2.75, 3.05) is 0 Å². The molecule has 2 aromatic rings. The van der Waals surface area contributed by atoms with Crippen molar-refractivity contribution in [3.63, 3.8) is 0 Å². The second-order valence-corrected chi connectivity index (χ2v) is 9.35. The molecule has 2 aromatic carbocycles. The topological polar surface area (TPSA) is 52.9 Å². The number of dihydropyridines is 1. The Morgan fingerprint density at radius 1 is 1.10 bits per heavy atom. The molecule has 0 unspecified atom stereocenters. The Morgan fingerprint density at radius 3 is 2.60 bits per heavy atom. The average molecular weight is 476 g/mol. The molecule has 1 N–H and O–H groups in total. The van der Waals surface area contributed by atoms with Gasteiger partial charge in [0.2, 0.25) is 0 Å². The molecule has 0 spiro atoms. The van der Waals surface area contributed by atoms with Gasteiger partial charge in [-0.15, -0.1) is 11.8 Å². The summed E-state index contributed by atoms with van der Waals surface area (Å²) in [6.07, 6.45) is 2.03. The van der Waals surface area contributed by atoms with E-state index in [1.807, 2.05) is 30.3 Å². The lowest BCUT2D eigenvalue weighted by molar-refractivity contribution is -0.116. The van der Waals surface area contributed by atoms with Gasteiger partial charge in [-0.3, -0.25) is 4.79 Å². The summed E-state index contributed by atoms with van der Waals surface area (Å²) in [5, 5.41) is 15.7. The third-order valence-corrected chi connectivity index (χ3v) is 7.43. The lowest BCUT2D eigenvalue weighted by atomic mass is 9.77. The molecule has 1 heterocycles. The van der Waals surface area contributed by atoms with Crippen molar-refractivity contribution in [3.05, 3.63) is 90.5 Å². The van der Waals surface area contributed by atoms with Gasteiger partial charge in [0.05, 0.1) is 32.6 Å². The number of Topliss-reactive ketones (excluding diaryl/α,β-unsaturated/α-hetero) is 1. The second kappa shape index (κ2) is 9.08. The highest BCUT2D eigenvalue weighted by molar-refractivity contribution is 8.02. The first-order valence-corrected chi connectivity index (χ1v) is 11.6. The van der Waals surface area contributed by atoms with E-state index in [-0.39, 0.29) is 5.78 Å². The van der Waals surface area contributed by atoms with Crippen molar-refractivity contribution < 1.29 is 4.79 Å². The molecule has 2 aliphatic rings. The number of nitriles is 1. The van der Waals surface area contributed by atoms with E-state index in [1.54, 1.807) is 12.1 Å². The highest BCUT2D eigenvalue weighted by Gasteiger charge is 2.38. The number of benzene rings is 2. The van der Waals surface area contributed by atoms with E-state index >= 15 is 0 Å². The van der Waals surface area contributed by atoms with Crippen molar-refractivity contribution in [2.45, 2.75) is 30.9 Å². The summed E-state index contributed by atoms with van der Waals surface area (Å²) >= 11 is 20.3. The van der Waals surface area contributed by atoms with Crippen molar-refractivity contribution in [1.82, 2.24) is 5.32 Å². The zero-order valence-electron chi connectivity index (χ0n) is 15.8. The van der Waals surface area contributed by atoms with Crippen LogP contribution in [0.4, 0.5) is 0 Å². The highest BCUT2D eigenvalue weighted by Crippen LogP contribution is 2.47. The van der Waals surface area contributed by atoms with E-state index in [1.165, 1.54) is 11.8 Å². The van der Waals surface area contributed by atoms with Crippen molar-refractivity contribution in [1.29, 1.82) is 5.26 Å². The van der Waals surface area contributed by atoms with Gasteiger partial charge >= 0.3 is 0 Å². The maximum Gasteiger partial charge on any atom is 0.161 e. The Labute approximate surface area is 194 Å². The fourth-order valence-electron chi connectivity index (χ4n) is 3.83. The van der Waals surface area contributed by atoms with Gasteiger partial charge in [0, 0.05) is 28.5 Å². The van der Waals surface area contributed by atoms with Gasteiger partial charge < -0.3 is 5.32 Å². The van der Waals surface area contributed by atoms with E-state index in [0.29, 0.717) is 44.0 Å². The second-order valence-electron chi connectivity index (χ2n) is 7.14. The quantitative estimate of drug-likeness (QED) is 0.517. The third-order valence-electron chi connectivity index (χ3n) is 5.25. The summed E-state index contributed by atoms with van der Waals surface area (Å²) < 4.78 is 0. The van der Waals surface area contributed by atoms with Crippen LogP contribution in [-0.4, -0.2) is 5.78 Å². The molecule has 0 bridgehead atoms. The summed E-state index contributed by atoms with van der Waals surface area (Å²) in [5.41, 5.74) is 3.79. The minimum Gasteiger partial charge on any atom is -0.352 e. The molecule has 7 heteroatoms. The summed E-state index contributed by atoms with van der Waals surface area (Å²) in [4.78, 5) is 12.9. The van der Waals surface area contributed by atoms with Crippen LogP contribution in [0.1, 0.15) is 36.3 Å². The molecule has 0 saturated heterocycles. The van der Waals surface area contributed by atoms with Gasteiger partial charge in [-0.05, 0) is 42.2 Å². The van der Waals surface area contributed by atoms with Crippen molar-refractivity contribution in [3.8, 4) is 6.07 Å². The van der Waals surface area contributed by atoms with Crippen LogP contribution < -0.4 is 5.32 Å². The molecule has 0 amide bonds. The van der Waals surface area contributed by atoms with Gasteiger partial charge in [0.1, 0.15) is 0 Å². The maximum atomic E-state index is 12.9. The number of allylic oxidation sites excluding steroid dienone is 3. The number of thioether (sulfide) groups is 1. The number of halogens is 3. The molecule has 0 saturated carbocycles. The monoisotopic (exact) mass is 474 g/mol. The number of nitrogens with zero attached hydrogens (tertiary/aromatic N) is 1. The van der Waals surface area contributed by atoms with Crippen LogP contribution in [-0.2, 0) is 10.5 Å². The van der Waals surface area contributed by atoms with Crippen LogP contribution in [0, 0.1) is 11.3 Å². The molecular weight excluding hydrogens is 459 g/mol. The van der Waals surface area contributed by atoms with Crippen LogP contribution in [0.15, 0.2) is 64.3 Å². The van der Waals surface area contributed by atoms with Crippen LogP contribution in [0.5, 0.6) is 0 Å². The Bertz CT molecular complexity index is 1120. The Kier molecular flexibility index (Phi) is 6.46. The Balaban J connectivity index is 1.77. The molecule has 30 heavy (non-hydrogen) atoms. The Morgan fingerprint density at radius 2 is 1.87 bits per heavy atom. The minimum atomic E-state index is -0.516. The Hall–Kier alpha value is -1.90. The third kappa shape index (κ3) is 4.13. The molecule has 152 valence electrons. The largest absolute Gasteiger partial charge is 0.352 e. The lowest BCUT2D eigenvalue weighted by Gasteiger charge is -2.33. The van der Waals surface area contributed by atoms with Crippen LogP contribution in [0.3, 0.4) is 0 Å². The van der Waals surface area contributed by atoms with E-state index in [4.69, 9.17) is 34.8 Å². The predicted octanol–water partition coefficient (Wildman–Crippen LogP) is 7.01. The van der Waals surface area contributed by atoms with Gasteiger partial charge in [0.15, 0.2) is 5.78 Å². The molecule has 3 nitrogen and oxygen atoms in total. The van der Waals surface area contributed by atoms with Gasteiger partial charge in [0.25, 0.3) is 0 Å². The number of carbonyl (C=O) groups excluding carboxylic acids is 1. The van der Waals surface area contributed by atoms with Gasteiger partial charge in [-0.1, -0.05) is 59.1 Å². The normalized spacial score (nSPS) is 18.7. The molecule has 4 rings (SSSR count). The number of carbonyl (C=O) groups is 1. The average Bonchev–Trinajstić information content (AvgIpc) is 2.74. The first-order chi connectivity index (χ1) is 14.5. The number of ketones is 1. The molecular formula is C23H17Cl3N2OS. The maximum absolute atomic E-state index is 12.9. The number of hydrogen-bond donors (Lipinski definition) is 1. The smallest absolute Gasteiger partial charge is 0.161 e. The van der Waals surface area contributed by atoms with E-state index in [9.17, 15) is 10.1 Å². The van der Waals surface area contributed by atoms with Crippen LogP contribution in [0.25, 0.3) is 0 Å². The zero-order valence-corrected chi connectivity index (χ0v) is 18.9. The number of hydrogen-bond acceptors (Lipinski definition) is 4. The van der Waals surface area contributed by atoms with Crippen molar-refractivity contribution >= 4 is 52.3 Å². The summed E-state index contributed by atoms with van der Waals surface area (Å²) in [7, 11) is 0. The van der Waals surface area contributed by atoms with Gasteiger partial charge in [-0.2, -0.15) is 5.26 Å². The minimum absolute atomic E-state index is 0.0549. The van der Waals surface area contributed by atoms with Crippen LogP contribution in [0.2, 0.25) is 15.1 Å². The molecule has 1 aliphatic carbocycles. The molecule has 0 radical (unpaired) electrons. The summed E-state index contributed by atoms with van der Waals surface area (Å²) in [6.45, 7) is 0. The van der Waals surface area contributed by atoms with E-state index in [0.717, 1.165) is 29.1 Å². The predicted molar refractivity (Wildman–Crippen MR) is 124 cm³/mol. The molecule has 1 aliphatic heterocycles. The van der Waals surface area contributed by atoms with E-state index < -0.39 is 5.92 Å².